The molecule has 1 aliphatic heterocycles. The van der Waals surface area contributed by atoms with E-state index < -0.39 is 9.84 Å². The van der Waals surface area contributed by atoms with E-state index in [1.54, 1.807) is 36.3 Å². The Morgan fingerprint density at radius 2 is 2.22 bits per heavy atom. The molecule has 3 rings (SSSR count). The van der Waals surface area contributed by atoms with Gasteiger partial charge in [-0.25, -0.2) is 12.8 Å². The number of benzene rings is 1. The molecule has 0 amide bonds. The Bertz CT molecular complexity index is 802. The van der Waals surface area contributed by atoms with Crippen LogP contribution in [0.15, 0.2) is 30.6 Å². The van der Waals surface area contributed by atoms with E-state index in [1.165, 1.54) is 6.07 Å². The third kappa shape index (κ3) is 3.57. The summed E-state index contributed by atoms with van der Waals surface area (Å²) < 4.78 is 39.7. The van der Waals surface area contributed by atoms with Crippen LogP contribution in [-0.4, -0.2) is 41.1 Å². The molecule has 5 nitrogen and oxygen atoms in total. The summed E-state index contributed by atoms with van der Waals surface area (Å²) in [5, 5.41) is 4.46. The van der Waals surface area contributed by atoms with E-state index in [2.05, 4.69) is 5.10 Å². The van der Waals surface area contributed by atoms with Gasteiger partial charge in [0.15, 0.2) is 9.84 Å². The Balaban J connectivity index is 1.92. The summed E-state index contributed by atoms with van der Waals surface area (Å²) in [4.78, 5) is 1.95. The monoisotopic (exact) mass is 357 g/mol. The molecule has 1 aliphatic rings. The highest BCUT2D eigenvalue weighted by molar-refractivity contribution is 7.91. The molecule has 23 heavy (non-hydrogen) atoms. The molecule has 0 bridgehead atoms. The molecule has 1 aromatic heterocycles. The zero-order valence-electron chi connectivity index (χ0n) is 12.6. The van der Waals surface area contributed by atoms with Gasteiger partial charge in [0.2, 0.25) is 0 Å². The fraction of sp³-hybridized carbons (Fsp3) is 0.400. The number of aryl methyl sites for hydroxylation is 1. The first kappa shape index (κ1) is 16.4. The number of halogens is 2. The van der Waals surface area contributed by atoms with Gasteiger partial charge in [-0.1, -0.05) is 17.7 Å². The van der Waals surface area contributed by atoms with Crippen LogP contribution in [-0.2, 0) is 23.4 Å². The van der Waals surface area contributed by atoms with Crippen molar-refractivity contribution in [2.75, 3.05) is 18.1 Å². The molecular weight excluding hydrogens is 341 g/mol. The summed E-state index contributed by atoms with van der Waals surface area (Å²) in [7, 11) is -1.35. The number of sulfone groups is 1. The van der Waals surface area contributed by atoms with Crippen molar-refractivity contribution in [3.05, 3.63) is 52.6 Å². The number of aromatic nitrogens is 2. The van der Waals surface area contributed by atoms with Crippen molar-refractivity contribution in [1.29, 1.82) is 0 Å². The minimum absolute atomic E-state index is 0.00473. The van der Waals surface area contributed by atoms with Crippen LogP contribution in [0.5, 0.6) is 0 Å². The molecule has 1 atom stereocenters. The Kier molecular flexibility index (Phi) is 4.44. The number of rotatable bonds is 3. The largest absolute Gasteiger partial charge is 0.290 e. The fourth-order valence-electron chi connectivity index (χ4n) is 2.84. The topological polar surface area (TPSA) is 55.2 Å². The number of hydrogen-bond donors (Lipinski definition) is 0. The van der Waals surface area contributed by atoms with E-state index in [-0.39, 0.29) is 29.9 Å². The quantitative estimate of drug-likeness (QED) is 0.845. The van der Waals surface area contributed by atoms with Gasteiger partial charge in [-0.3, -0.25) is 9.58 Å². The maximum absolute atomic E-state index is 14.0. The van der Waals surface area contributed by atoms with Gasteiger partial charge in [-0.2, -0.15) is 5.10 Å². The lowest BCUT2D eigenvalue weighted by atomic mass is 10.1. The van der Waals surface area contributed by atoms with Crippen LogP contribution in [0.25, 0.3) is 0 Å². The van der Waals surface area contributed by atoms with Gasteiger partial charge in [0.25, 0.3) is 0 Å². The van der Waals surface area contributed by atoms with E-state index in [0.29, 0.717) is 17.1 Å². The molecule has 8 heteroatoms. The molecule has 124 valence electrons. The van der Waals surface area contributed by atoms with Crippen molar-refractivity contribution in [3.63, 3.8) is 0 Å². The fourth-order valence-corrected chi connectivity index (χ4v) is 4.62. The lowest BCUT2D eigenvalue weighted by Crippen LogP contribution is -2.42. The maximum Gasteiger partial charge on any atom is 0.153 e. The van der Waals surface area contributed by atoms with Crippen LogP contribution in [0.1, 0.15) is 17.2 Å². The first-order chi connectivity index (χ1) is 10.9. The number of nitrogens with zero attached hydrogens (tertiary/aromatic N) is 3. The molecule has 1 fully saturated rings. The SMILES string of the molecule is Cn1cc([C@@H]2CS(=O)(=O)CCN2Cc2c(F)cccc2Cl)cn1. The highest BCUT2D eigenvalue weighted by Crippen LogP contribution is 2.30. The average Bonchev–Trinajstić information content (AvgIpc) is 2.90. The van der Waals surface area contributed by atoms with Crippen LogP contribution >= 0.6 is 11.6 Å². The van der Waals surface area contributed by atoms with Crippen LogP contribution < -0.4 is 0 Å². The second kappa shape index (κ2) is 6.22. The zero-order chi connectivity index (χ0) is 16.6. The normalized spacial score (nSPS) is 21.4. The van der Waals surface area contributed by atoms with E-state index >= 15 is 0 Å². The van der Waals surface area contributed by atoms with Crippen molar-refractivity contribution in [3.8, 4) is 0 Å². The van der Waals surface area contributed by atoms with Gasteiger partial charge in [-0.15, -0.1) is 0 Å². The zero-order valence-corrected chi connectivity index (χ0v) is 14.2. The van der Waals surface area contributed by atoms with Crippen LogP contribution in [0.4, 0.5) is 4.39 Å². The maximum atomic E-state index is 14.0. The third-order valence-corrected chi connectivity index (χ3v) is 6.06. The van der Waals surface area contributed by atoms with Gasteiger partial charge < -0.3 is 0 Å². The smallest absolute Gasteiger partial charge is 0.153 e. The van der Waals surface area contributed by atoms with Crippen LogP contribution in [0.3, 0.4) is 0 Å². The second-order valence-electron chi connectivity index (χ2n) is 5.75. The molecule has 1 aromatic carbocycles. The lowest BCUT2D eigenvalue weighted by molar-refractivity contribution is 0.203. The van der Waals surface area contributed by atoms with Gasteiger partial charge >= 0.3 is 0 Å². The molecule has 0 radical (unpaired) electrons. The molecule has 1 saturated heterocycles. The molecule has 0 aliphatic carbocycles. The summed E-state index contributed by atoms with van der Waals surface area (Å²) in [5.74, 6) is -0.309. The highest BCUT2D eigenvalue weighted by Gasteiger charge is 2.33. The molecule has 2 heterocycles. The first-order valence-corrected chi connectivity index (χ1v) is 9.41. The predicted molar refractivity (Wildman–Crippen MR) is 86.4 cm³/mol. The highest BCUT2D eigenvalue weighted by atomic mass is 35.5. The molecular formula is C15H17ClFN3O2S. The van der Waals surface area contributed by atoms with Gasteiger partial charge in [0, 0.05) is 42.5 Å². The molecule has 0 spiro atoms. The molecule has 0 N–H and O–H groups in total. The molecule has 0 unspecified atom stereocenters. The van der Waals surface area contributed by atoms with E-state index in [0.717, 1.165) is 5.56 Å². The summed E-state index contributed by atoms with van der Waals surface area (Å²) in [5.41, 5.74) is 1.20. The van der Waals surface area contributed by atoms with Crippen LogP contribution in [0.2, 0.25) is 5.02 Å². The Morgan fingerprint density at radius 1 is 1.43 bits per heavy atom. The second-order valence-corrected chi connectivity index (χ2v) is 8.38. The first-order valence-electron chi connectivity index (χ1n) is 7.21. The summed E-state index contributed by atoms with van der Waals surface area (Å²) in [6, 6.07) is 4.21. The standard InChI is InChI=1S/C15H17ClFN3O2S/c1-19-8-11(7-18-19)15-10-23(21,22)6-5-20(15)9-12-13(16)3-2-4-14(12)17/h2-4,7-8,15H,5-6,9-10H2,1H3/t15-/m0/s1. The predicted octanol–water partition coefficient (Wildman–Crippen LogP) is 2.18. The Labute approximate surface area is 139 Å². The van der Waals surface area contributed by atoms with E-state index in [1.807, 2.05) is 4.90 Å². The van der Waals surface area contributed by atoms with Gasteiger partial charge in [0.1, 0.15) is 5.82 Å². The lowest BCUT2D eigenvalue weighted by Gasteiger charge is -2.35. The van der Waals surface area contributed by atoms with Crippen LogP contribution in [0, 0.1) is 5.82 Å². The van der Waals surface area contributed by atoms with Crippen molar-refractivity contribution in [1.82, 2.24) is 14.7 Å². The van der Waals surface area contributed by atoms with Crippen molar-refractivity contribution < 1.29 is 12.8 Å². The summed E-state index contributed by atoms with van der Waals surface area (Å²) in [6.07, 6.45) is 3.45. The minimum Gasteiger partial charge on any atom is -0.290 e. The third-order valence-electron chi connectivity index (χ3n) is 4.07. The van der Waals surface area contributed by atoms with E-state index in [9.17, 15) is 12.8 Å². The van der Waals surface area contributed by atoms with Gasteiger partial charge in [-0.05, 0) is 12.1 Å². The van der Waals surface area contributed by atoms with Crippen molar-refractivity contribution in [2.45, 2.75) is 12.6 Å². The Morgan fingerprint density at radius 3 is 2.87 bits per heavy atom. The van der Waals surface area contributed by atoms with E-state index in [4.69, 9.17) is 11.6 Å². The molecule has 0 saturated carbocycles. The number of hydrogen-bond acceptors (Lipinski definition) is 4. The molecule has 2 aromatic rings. The van der Waals surface area contributed by atoms with Crippen molar-refractivity contribution in [2.24, 2.45) is 7.05 Å². The minimum atomic E-state index is -3.12. The van der Waals surface area contributed by atoms with Gasteiger partial charge in [0.05, 0.1) is 23.7 Å². The van der Waals surface area contributed by atoms with Crippen molar-refractivity contribution >= 4 is 21.4 Å². The summed E-state index contributed by atoms with van der Waals surface area (Å²) >= 11 is 6.10. The average molecular weight is 358 g/mol. The Hall–Kier alpha value is -1.44. The summed E-state index contributed by atoms with van der Waals surface area (Å²) in [6.45, 7) is 0.604.